The number of anilines is 1. The first-order valence-corrected chi connectivity index (χ1v) is 11.1. The fourth-order valence-corrected chi connectivity index (χ4v) is 4.54. The molecule has 0 aliphatic carbocycles. The zero-order valence-electron chi connectivity index (χ0n) is 17.7. The van der Waals surface area contributed by atoms with Crippen LogP contribution in [0.15, 0.2) is 40.9 Å². The van der Waals surface area contributed by atoms with E-state index in [9.17, 15) is 9.59 Å². The molecule has 1 fully saturated rings. The lowest BCUT2D eigenvalue weighted by molar-refractivity contribution is -0.136. The largest absolute Gasteiger partial charge is 0.493 e. The van der Waals surface area contributed by atoms with Crippen LogP contribution in [0.5, 0.6) is 11.5 Å². The number of benzene rings is 2. The van der Waals surface area contributed by atoms with E-state index in [0.29, 0.717) is 43.2 Å². The van der Waals surface area contributed by atoms with Crippen LogP contribution in [0.1, 0.15) is 24.0 Å². The molecule has 1 N–H and O–H groups in total. The number of urea groups is 1. The van der Waals surface area contributed by atoms with Crippen molar-refractivity contribution >= 4 is 33.6 Å². The highest BCUT2D eigenvalue weighted by Gasteiger charge is 2.37. The average molecular weight is 488 g/mol. The van der Waals surface area contributed by atoms with E-state index in [0.717, 1.165) is 28.4 Å². The predicted molar refractivity (Wildman–Crippen MR) is 122 cm³/mol. The summed E-state index contributed by atoms with van der Waals surface area (Å²) in [5, 5.41) is 2.91. The molecule has 0 spiro atoms. The van der Waals surface area contributed by atoms with Crippen molar-refractivity contribution in [2.24, 2.45) is 0 Å². The van der Waals surface area contributed by atoms with Crippen molar-refractivity contribution in [3.05, 3.63) is 52.0 Å². The van der Waals surface area contributed by atoms with Gasteiger partial charge in [0, 0.05) is 29.8 Å². The Hall–Kier alpha value is -2.74. The van der Waals surface area contributed by atoms with Crippen LogP contribution in [0.3, 0.4) is 0 Å². The summed E-state index contributed by atoms with van der Waals surface area (Å²) in [5.41, 5.74) is 2.93. The maximum Gasteiger partial charge on any atom is 0.322 e. The lowest BCUT2D eigenvalue weighted by atomic mass is 9.98. The van der Waals surface area contributed by atoms with Crippen molar-refractivity contribution in [2.75, 3.05) is 32.6 Å². The van der Waals surface area contributed by atoms with Crippen LogP contribution in [0, 0.1) is 0 Å². The van der Waals surface area contributed by atoms with Gasteiger partial charge in [-0.15, -0.1) is 0 Å². The molecule has 1 atom stereocenters. The first-order chi connectivity index (χ1) is 15.0. The molecule has 2 aromatic rings. The van der Waals surface area contributed by atoms with E-state index in [1.807, 2.05) is 41.3 Å². The third-order valence-corrected chi connectivity index (χ3v) is 6.45. The van der Waals surface area contributed by atoms with E-state index in [2.05, 4.69) is 21.2 Å². The Balaban J connectivity index is 1.46. The minimum atomic E-state index is -0.433. The van der Waals surface area contributed by atoms with Crippen LogP contribution in [-0.4, -0.2) is 55.1 Å². The molecule has 8 heteroatoms. The summed E-state index contributed by atoms with van der Waals surface area (Å²) in [6.45, 7) is 1.71. The number of likely N-dealkylation sites (tertiary alicyclic amines) is 1. The Bertz CT molecular complexity index is 980. The van der Waals surface area contributed by atoms with Crippen molar-refractivity contribution in [1.29, 1.82) is 0 Å². The average Bonchev–Trinajstić information content (AvgIpc) is 3.28. The van der Waals surface area contributed by atoms with Crippen LogP contribution < -0.4 is 14.8 Å². The number of methoxy groups -OCH3 is 2. The Morgan fingerprint density at radius 2 is 1.71 bits per heavy atom. The Morgan fingerprint density at radius 1 is 1.03 bits per heavy atom. The fraction of sp³-hybridized carbons (Fsp3) is 0.391. The van der Waals surface area contributed by atoms with Gasteiger partial charge in [0.05, 0.1) is 14.2 Å². The summed E-state index contributed by atoms with van der Waals surface area (Å²) in [6.07, 6.45) is 2.25. The standard InChI is InChI=1S/C23H26BrN3O4/c1-30-20-12-15-9-11-26(14-16(15)13-21(20)31-2)22(28)19-4-3-10-27(19)23(29)25-18-7-5-17(24)6-8-18/h5-8,12-13,19H,3-4,9-11,14H2,1-2H3,(H,25,29). The minimum Gasteiger partial charge on any atom is -0.493 e. The van der Waals surface area contributed by atoms with Crippen LogP contribution in [0.25, 0.3) is 0 Å². The van der Waals surface area contributed by atoms with Crippen LogP contribution in [-0.2, 0) is 17.8 Å². The number of rotatable bonds is 4. The second-order valence-electron chi connectivity index (χ2n) is 7.77. The lowest BCUT2D eigenvalue weighted by Gasteiger charge is -2.34. The van der Waals surface area contributed by atoms with Crippen molar-refractivity contribution in [3.8, 4) is 11.5 Å². The summed E-state index contributed by atoms with van der Waals surface area (Å²) in [4.78, 5) is 29.7. The number of amides is 3. The number of hydrogen-bond acceptors (Lipinski definition) is 4. The molecule has 0 saturated carbocycles. The van der Waals surface area contributed by atoms with Crippen molar-refractivity contribution in [2.45, 2.75) is 31.8 Å². The summed E-state index contributed by atoms with van der Waals surface area (Å²) >= 11 is 3.39. The number of carbonyl (C=O) groups excluding carboxylic acids is 2. The zero-order valence-corrected chi connectivity index (χ0v) is 19.3. The summed E-state index contributed by atoms with van der Waals surface area (Å²) in [7, 11) is 3.23. The predicted octanol–water partition coefficient (Wildman–Crippen LogP) is 4.05. The van der Waals surface area contributed by atoms with E-state index in [1.165, 1.54) is 0 Å². The Kier molecular flexibility index (Phi) is 6.36. The molecule has 31 heavy (non-hydrogen) atoms. The first kappa shape index (κ1) is 21.5. The minimum absolute atomic E-state index is 0.00360. The van der Waals surface area contributed by atoms with E-state index in [4.69, 9.17) is 9.47 Å². The molecule has 0 bridgehead atoms. The molecule has 2 aliphatic rings. The van der Waals surface area contributed by atoms with Gasteiger partial charge in [-0.05, 0) is 66.8 Å². The number of nitrogens with zero attached hydrogens (tertiary/aromatic N) is 2. The maximum atomic E-state index is 13.3. The molecular formula is C23H26BrN3O4. The normalized spacial score (nSPS) is 17.8. The lowest BCUT2D eigenvalue weighted by Crippen LogP contribution is -2.50. The molecule has 3 amide bonds. The van der Waals surface area contributed by atoms with Gasteiger partial charge in [-0.3, -0.25) is 4.79 Å². The molecule has 0 aromatic heterocycles. The van der Waals surface area contributed by atoms with Crippen molar-refractivity contribution < 1.29 is 19.1 Å². The maximum absolute atomic E-state index is 13.3. The zero-order chi connectivity index (χ0) is 22.0. The number of ether oxygens (including phenoxy) is 2. The number of halogens is 1. The Morgan fingerprint density at radius 3 is 2.39 bits per heavy atom. The molecule has 4 rings (SSSR count). The van der Waals surface area contributed by atoms with Crippen molar-refractivity contribution in [1.82, 2.24) is 9.80 Å². The van der Waals surface area contributed by atoms with Crippen LogP contribution in [0.4, 0.5) is 10.5 Å². The highest BCUT2D eigenvalue weighted by molar-refractivity contribution is 9.10. The fourth-order valence-electron chi connectivity index (χ4n) is 4.28. The molecule has 0 radical (unpaired) electrons. The molecule has 1 unspecified atom stereocenters. The number of hydrogen-bond donors (Lipinski definition) is 1. The quantitative estimate of drug-likeness (QED) is 0.705. The van der Waals surface area contributed by atoms with Crippen LogP contribution in [0.2, 0.25) is 0 Å². The van der Waals surface area contributed by atoms with Gasteiger partial charge in [-0.25, -0.2) is 4.79 Å². The molecule has 2 aromatic carbocycles. The molecule has 2 aliphatic heterocycles. The monoisotopic (exact) mass is 487 g/mol. The highest BCUT2D eigenvalue weighted by atomic mass is 79.9. The SMILES string of the molecule is COc1cc2c(cc1OC)CN(C(=O)C1CCCN1C(=O)Nc1ccc(Br)cc1)CC2. The van der Waals surface area contributed by atoms with Gasteiger partial charge in [0.1, 0.15) is 6.04 Å². The second-order valence-corrected chi connectivity index (χ2v) is 8.69. The van der Waals surface area contributed by atoms with Crippen LogP contribution >= 0.6 is 15.9 Å². The molecule has 7 nitrogen and oxygen atoms in total. The van der Waals surface area contributed by atoms with Gasteiger partial charge in [-0.1, -0.05) is 15.9 Å². The summed E-state index contributed by atoms with van der Waals surface area (Å²) in [6, 6.07) is 10.7. The smallest absolute Gasteiger partial charge is 0.322 e. The topological polar surface area (TPSA) is 71.1 Å². The summed E-state index contributed by atoms with van der Waals surface area (Å²) in [5.74, 6) is 1.36. The highest BCUT2D eigenvalue weighted by Crippen LogP contribution is 2.34. The third kappa shape index (κ3) is 4.49. The molecule has 1 saturated heterocycles. The molecule has 2 heterocycles. The third-order valence-electron chi connectivity index (χ3n) is 5.92. The molecule has 164 valence electrons. The van der Waals surface area contributed by atoms with E-state index in [1.54, 1.807) is 19.1 Å². The van der Waals surface area contributed by atoms with Gasteiger partial charge >= 0.3 is 6.03 Å². The Labute approximate surface area is 190 Å². The number of nitrogens with one attached hydrogen (secondary N) is 1. The summed E-state index contributed by atoms with van der Waals surface area (Å²) < 4.78 is 11.8. The second kappa shape index (κ2) is 9.18. The van der Waals surface area contributed by atoms with Gasteiger partial charge in [-0.2, -0.15) is 0 Å². The molecular weight excluding hydrogens is 462 g/mol. The van der Waals surface area contributed by atoms with E-state index in [-0.39, 0.29) is 11.9 Å². The van der Waals surface area contributed by atoms with Crippen molar-refractivity contribution in [3.63, 3.8) is 0 Å². The van der Waals surface area contributed by atoms with Gasteiger partial charge in [0.15, 0.2) is 11.5 Å². The van der Waals surface area contributed by atoms with Gasteiger partial charge in [0.25, 0.3) is 0 Å². The van der Waals surface area contributed by atoms with E-state index < -0.39 is 6.04 Å². The number of fused-ring (bicyclic) bond motifs is 1. The number of carbonyl (C=O) groups is 2. The van der Waals surface area contributed by atoms with E-state index >= 15 is 0 Å². The van der Waals surface area contributed by atoms with Gasteiger partial charge < -0.3 is 24.6 Å². The van der Waals surface area contributed by atoms with Gasteiger partial charge in [0.2, 0.25) is 5.91 Å². The first-order valence-electron chi connectivity index (χ1n) is 10.4.